The summed E-state index contributed by atoms with van der Waals surface area (Å²) in [4.78, 5) is 15.5. The number of hydrogen-bond donors (Lipinski definition) is 2. The lowest BCUT2D eigenvalue weighted by atomic mass is 10.0. The van der Waals surface area contributed by atoms with Gasteiger partial charge in [0.05, 0.1) is 11.8 Å². The zero-order valence-corrected chi connectivity index (χ0v) is 12.0. The van der Waals surface area contributed by atoms with E-state index in [1.165, 1.54) is 5.56 Å². The van der Waals surface area contributed by atoms with Gasteiger partial charge in [0.2, 0.25) is 5.91 Å². The second-order valence-corrected chi connectivity index (χ2v) is 6.51. The minimum atomic E-state index is -0.358. The topological polar surface area (TPSA) is 67.5 Å². The number of carbonyl (C=O) groups excluding carboxylic acids is 1. The molecule has 0 saturated carbocycles. The number of aliphatic imine (C=N–C) groups is 1. The summed E-state index contributed by atoms with van der Waals surface area (Å²) in [6.45, 7) is 4.68. The first kappa shape index (κ1) is 13.9. The molecule has 1 unspecified atom stereocenters. The standard InChI is InChI=1S/C14H19N3OS/c1-14(2,8-12(15)18)17-13-16-9-11(19-13)10-6-4-3-5-7-10/h3-7,11H,8-9H2,1-2H3,(H2,15,18)(H,16,17). The molecular formula is C14H19N3OS. The first-order valence-corrected chi connectivity index (χ1v) is 7.17. The number of benzene rings is 1. The van der Waals surface area contributed by atoms with Crippen LogP contribution in [0.15, 0.2) is 35.3 Å². The highest BCUT2D eigenvalue weighted by Gasteiger charge is 2.27. The molecule has 0 spiro atoms. The maximum Gasteiger partial charge on any atom is 0.219 e. The molecule has 0 radical (unpaired) electrons. The minimum Gasteiger partial charge on any atom is -0.370 e. The summed E-state index contributed by atoms with van der Waals surface area (Å²) in [5.41, 5.74) is 6.17. The average Bonchev–Trinajstić information content (AvgIpc) is 2.76. The van der Waals surface area contributed by atoms with Gasteiger partial charge in [-0.25, -0.2) is 0 Å². The molecule has 3 N–H and O–H groups in total. The molecule has 1 heterocycles. The van der Waals surface area contributed by atoms with Gasteiger partial charge in [-0.15, -0.1) is 0 Å². The number of nitrogens with one attached hydrogen (secondary N) is 1. The molecule has 0 saturated heterocycles. The molecule has 5 heteroatoms. The van der Waals surface area contributed by atoms with Crippen molar-refractivity contribution in [1.82, 2.24) is 5.32 Å². The van der Waals surface area contributed by atoms with Crippen molar-refractivity contribution in [2.45, 2.75) is 31.1 Å². The first-order valence-electron chi connectivity index (χ1n) is 6.29. The maximum atomic E-state index is 11.0. The third-order valence-electron chi connectivity index (χ3n) is 2.89. The number of primary amides is 1. The zero-order valence-electron chi connectivity index (χ0n) is 11.2. The maximum absolute atomic E-state index is 11.0. The summed E-state index contributed by atoms with van der Waals surface area (Å²) in [5, 5.41) is 4.54. The summed E-state index contributed by atoms with van der Waals surface area (Å²) >= 11 is 1.70. The van der Waals surface area contributed by atoms with Crippen LogP contribution in [0.1, 0.15) is 31.1 Å². The van der Waals surface area contributed by atoms with E-state index in [1.807, 2.05) is 32.0 Å². The Morgan fingerprint density at radius 2 is 2.16 bits per heavy atom. The molecular weight excluding hydrogens is 258 g/mol. The lowest BCUT2D eigenvalue weighted by Crippen LogP contribution is -2.44. The van der Waals surface area contributed by atoms with Crippen LogP contribution < -0.4 is 11.1 Å². The van der Waals surface area contributed by atoms with Crippen LogP contribution in [0.4, 0.5) is 0 Å². The lowest BCUT2D eigenvalue weighted by Gasteiger charge is -2.25. The van der Waals surface area contributed by atoms with Gasteiger partial charge in [-0.1, -0.05) is 42.1 Å². The van der Waals surface area contributed by atoms with Crippen LogP contribution in [0.3, 0.4) is 0 Å². The molecule has 102 valence electrons. The van der Waals surface area contributed by atoms with Gasteiger partial charge in [-0.05, 0) is 19.4 Å². The molecule has 1 atom stereocenters. The summed E-state index contributed by atoms with van der Waals surface area (Å²) in [5.74, 6) is -0.305. The molecule has 2 rings (SSSR count). The normalized spacial score (nSPS) is 19.1. The van der Waals surface area contributed by atoms with E-state index in [0.717, 1.165) is 11.7 Å². The average molecular weight is 277 g/mol. The number of hydrogen-bond acceptors (Lipinski definition) is 4. The van der Waals surface area contributed by atoms with E-state index in [0.29, 0.717) is 11.7 Å². The number of rotatable bonds is 4. The van der Waals surface area contributed by atoms with Gasteiger partial charge >= 0.3 is 0 Å². The Bertz CT molecular complexity index is 485. The molecule has 1 aliphatic rings. The molecule has 1 aromatic carbocycles. The number of amides is 1. The SMILES string of the molecule is CC(C)(CC(N)=O)NC1=NCC(c2ccccc2)S1. The fraction of sp³-hybridized carbons (Fsp3) is 0.429. The number of thioether (sulfide) groups is 1. The Kier molecular flexibility index (Phi) is 4.14. The second-order valence-electron chi connectivity index (χ2n) is 5.31. The molecule has 19 heavy (non-hydrogen) atoms. The number of nitrogens with two attached hydrogens (primary N) is 1. The van der Waals surface area contributed by atoms with Crippen molar-refractivity contribution >= 4 is 22.8 Å². The van der Waals surface area contributed by atoms with Crippen molar-refractivity contribution in [3.63, 3.8) is 0 Å². The van der Waals surface area contributed by atoms with E-state index in [4.69, 9.17) is 5.73 Å². The highest BCUT2D eigenvalue weighted by molar-refractivity contribution is 8.14. The largest absolute Gasteiger partial charge is 0.370 e. The fourth-order valence-corrected chi connectivity index (χ4v) is 3.25. The van der Waals surface area contributed by atoms with Crippen LogP contribution in [0.5, 0.6) is 0 Å². The van der Waals surface area contributed by atoms with Gasteiger partial charge in [-0.2, -0.15) is 0 Å². The van der Waals surface area contributed by atoms with Crippen molar-refractivity contribution in [3.8, 4) is 0 Å². The van der Waals surface area contributed by atoms with Crippen LogP contribution in [0.25, 0.3) is 0 Å². The van der Waals surface area contributed by atoms with Crippen molar-refractivity contribution in [3.05, 3.63) is 35.9 Å². The molecule has 0 aromatic heterocycles. The minimum absolute atomic E-state index is 0.294. The molecule has 1 aliphatic heterocycles. The Hall–Kier alpha value is -1.49. The van der Waals surface area contributed by atoms with E-state index in [9.17, 15) is 4.79 Å². The number of amidine groups is 1. The lowest BCUT2D eigenvalue weighted by molar-refractivity contribution is -0.119. The van der Waals surface area contributed by atoms with Gasteiger partial charge in [0.15, 0.2) is 5.17 Å². The Balaban J connectivity index is 1.93. The summed E-state index contributed by atoms with van der Waals surface area (Å²) in [6.07, 6.45) is 0.294. The first-order chi connectivity index (χ1) is 8.96. The molecule has 1 aromatic rings. The third-order valence-corrected chi connectivity index (χ3v) is 4.05. The molecule has 0 aliphatic carbocycles. The summed E-state index contributed by atoms with van der Waals surface area (Å²) < 4.78 is 0. The monoisotopic (exact) mass is 277 g/mol. The molecule has 4 nitrogen and oxygen atoms in total. The van der Waals surface area contributed by atoms with E-state index in [2.05, 4.69) is 22.4 Å². The highest BCUT2D eigenvalue weighted by Crippen LogP contribution is 2.34. The van der Waals surface area contributed by atoms with Gasteiger partial charge in [0.1, 0.15) is 0 Å². The van der Waals surface area contributed by atoms with E-state index in [1.54, 1.807) is 11.8 Å². The van der Waals surface area contributed by atoms with Gasteiger partial charge in [0, 0.05) is 12.0 Å². The van der Waals surface area contributed by atoms with Crippen LogP contribution in [-0.4, -0.2) is 23.2 Å². The van der Waals surface area contributed by atoms with E-state index >= 15 is 0 Å². The zero-order chi connectivity index (χ0) is 13.9. The van der Waals surface area contributed by atoms with Crippen molar-refractivity contribution in [2.24, 2.45) is 10.7 Å². The predicted molar refractivity (Wildman–Crippen MR) is 80.1 cm³/mol. The summed E-state index contributed by atoms with van der Waals surface area (Å²) in [7, 11) is 0. The van der Waals surface area contributed by atoms with Crippen molar-refractivity contribution < 1.29 is 4.79 Å². The third kappa shape index (κ3) is 3.99. The Morgan fingerprint density at radius 1 is 1.47 bits per heavy atom. The number of carbonyl (C=O) groups is 1. The fourth-order valence-electron chi connectivity index (χ4n) is 2.05. The van der Waals surface area contributed by atoms with Crippen molar-refractivity contribution in [2.75, 3.05) is 6.54 Å². The van der Waals surface area contributed by atoms with Gasteiger partial charge < -0.3 is 11.1 Å². The van der Waals surface area contributed by atoms with Crippen LogP contribution in [-0.2, 0) is 4.79 Å². The van der Waals surface area contributed by atoms with Gasteiger partial charge in [0.25, 0.3) is 0 Å². The Labute approximate surface area is 117 Å². The highest BCUT2D eigenvalue weighted by atomic mass is 32.2. The number of nitrogens with zero attached hydrogens (tertiary/aromatic N) is 1. The van der Waals surface area contributed by atoms with Crippen LogP contribution in [0, 0.1) is 0 Å². The Morgan fingerprint density at radius 3 is 2.79 bits per heavy atom. The van der Waals surface area contributed by atoms with Gasteiger partial charge in [-0.3, -0.25) is 9.79 Å². The summed E-state index contributed by atoms with van der Waals surface area (Å²) in [6, 6.07) is 10.3. The van der Waals surface area contributed by atoms with E-state index in [-0.39, 0.29) is 11.4 Å². The second kappa shape index (κ2) is 5.65. The van der Waals surface area contributed by atoms with Crippen molar-refractivity contribution in [1.29, 1.82) is 0 Å². The smallest absolute Gasteiger partial charge is 0.219 e. The molecule has 0 bridgehead atoms. The molecule has 0 fully saturated rings. The van der Waals surface area contributed by atoms with E-state index < -0.39 is 0 Å². The van der Waals surface area contributed by atoms with Crippen LogP contribution in [0.2, 0.25) is 0 Å². The predicted octanol–water partition coefficient (Wildman–Crippen LogP) is 2.07. The van der Waals surface area contributed by atoms with Crippen LogP contribution >= 0.6 is 11.8 Å². The molecule has 1 amide bonds. The quantitative estimate of drug-likeness (QED) is 0.885.